The maximum absolute atomic E-state index is 13.1. The number of rotatable bonds is 7. The molecule has 0 radical (unpaired) electrons. The molecule has 7 nitrogen and oxygen atoms in total. The molecule has 0 spiro atoms. The van der Waals surface area contributed by atoms with Crippen molar-refractivity contribution in [2.75, 3.05) is 5.75 Å². The van der Waals surface area contributed by atoms with E-state index in [0.717, 1.165) is 15.4 Å². The zero-order chi connectivity index (χ0) is 23.5. The lowest BCUT2D eigenvalue weighted by Crippen LogP contribution is -2.51. The number of carbonyl (C=O) groups excluding carboxylic acids is 2. The van der Waals surface area contributed by atoms with Gasteiger partial charge in [0.05, 0.1) is 11.8 Å². The summed E-state index contributed by atoms with van der Waals surface area (Å²) in [4.78, 5) is 25.5. The highest BCUT2D eigenvalue weighted by Gasteiger charge is 2.40. The molecule has 3 rings (SSSR count). The number of nitrogens with one attached hydrogen (secondary N) is 1. The fraction of sp³-hybridized carbons (Fsp3) is 0.391. The van der Waals surface area contributed by atoms with Crippen LogP contribution in [0.1, 0.15) is 43.5 Å². The lowest BCUT2D eigenvalue weighted by atomic mass is 9.96. The number of fused-ring (bicyclic) bond motifs is 1. The first-order chi connectivity index (χ1) is 15.1. The van der Waals surface area contributed by atoms with Crippen LogP contribution in [-0.4, -0.2) is 42.5 Å². The fourth-order valence-electron chi connectivity index (χ4n) is 3.63. The molecule has 0 saturated heterocycles. The SMILES string of the molecule is CCS(=O)(=O)N1Cc2ccccc2C[C@H]1C(=O)OC(C)C(=O)NC(C)c1ccc(F)cc1. The average molecular weight is 463 g/mol. The van der Waals surface area contributed by atoms with Crippen molar-refractivity contribution >= 4 is 21.9 Å². The van der Waals surface area contributed by atoms with Crippen molar-refractivity contribution in [2.45, 2.75) is 51.9 Å². The van der Waals surface area contributed by atoms with Gasteiger partial charge in [0.25, 0.3) is 5.91 Å². The molecule has 2 aromatic carbocycles. The number of amides is 1. The van der Waals surface area contributed by atoms with Crippen molar-refractivity contribution in [3.63, 3.8) is 0 Å². The van der Waals surface area contributed by atoms with Crippen LogP contribution in [0, 0.1) is 5.82 Å². The van der Waals surface area contributed by atoms with E-state index in [1.54, 1.807) is 19.1 Å². The predicted molar refractivity (Wildman–Crippen MR) is 117 cm³/mol. The number of halogens is 1. The first-order valence-corrected chi connectivity index (χ1v) is 12.1. The summed E-state index contributed by atoms with van der Waals surface area (Å²) >= 11 is 0. The summed E-state index contributed by atoms with van der Waals surface area (Å²) < 4.78 is 44.9. The second kappa shape index (κ2) is 9.79. The van der Waals surface area contributed by atoms with Crippen molar-refractivity contribution in [2.24, 2.45) is 0 Å². The van der Waals surface area contributed by atoms with Crippen molar-refractivity contribution in [3.8, 4) is 0 Å². The van der Waals surface area contributed by atoms with Gasteiger partial charge in [-0.1, -0.05) is 36.4 Å². The van der Waals surface area contributed by atoms with Crippen LogP contribution in [0.4, 0.5) is 4.39 Å². The van der Waals surface area contributed by atoms with Gasteiger partial charge in [-0.3, -0.25) is 9.59 Å². The first-order valence-electron chi connectivity index (χ1n) is 10.4. The van der Waals surface area contributed by atoms with Crippen molar-refractivity contribution in [3.05, 3.63) is 71.0 Å². The molecular weight excluding hydrogens is 435 g/mol. The third-order valence-corrected chi connectivity index (χ3v) is 7.42. The van der Waals surface area contributed by atoms with E-state index in [0.29, 0.717) is 5.56 Å². The third kappa shape index (κ3) is 5.34. The summed E-state index contributed by atoms with van der Waals surface area (Å²) in [6.07, 6.45) is -0.956. The van der Waals surface area contributed by atoms with Gasteiger partial charge in [-0.2, -0.15) is 4.31 Å². The predicted octanol–water partition coefficient (Wildman–Crippen LogP) is 2.71. The molecule has 9 heteroatoms. The Morgan fingerprint density at radius 2 is 1.75 bits per heavy atom. The molecular formula is C23H27FN2O5S. The average Bonchev–Trinajstić information content (AvgIpc) is 2.78. The zero-order valence-electron chi connectivity index (χ0n) is 18.2. The summed E-state index contributed by atoms with van der Waals surface area (Å²) in [5, 5.41) is 2.72. The number of carbonyl (C=O) groups is 2. The van der Waals surface area contributed by atoms with Gasteiger partial charge < -0.3 is 10.1 Å². The van der Waals surface area contributed by atoms with E-state index >= 15 is 0 Å². The first kappa shape index (κ1) is 23.9. The zero-order valence-corrected chi connectivity index (χ0v) is 19.1. The van der Waals surface area contributed by atoms with E-state index in [2.05, 4.69) is 5.32 Å². The fourth-order valence-corrected chi connectivity index (χ4v) is 4.85. The van der Waals surface area contributed by atoms with Gasteiger partial charge in [0, 0.05) is 13.0 Å². The Bertz CT molecular complexity index is 1090. The number of benzene rings is 2. The molecule has 2 unspecified atom stereocenters. The minimum Gasteiger partial charge on any atom is -0.451 e. The van der Waals surface area contributed by atoms with Gasteiger partial charge in [0.1, 0.15) is 11.9 Å². The minimum absolute atomic E-state index is 0.0777. The minimum atomic E-state index is -3.67. The lowest BCUT2D eigenvalue weighted by molar-refractivity contribution is -0.159. The van der Waals surface area contributed by atoms with Crippen LogP contribution in [0.25, 0.3) is 0 Å². The van der Waals surface area contributed by atoms with E-state index in [9.17, 15) is 22.4 Å². The number of nitrogens with zero attached hydrogens (tertiary/aromatic N) is 1. The van der Waals surface area contributed by atoms with E-state index in [4.69, 9.17) is 4.74 Å². The molecule has 32 heavy (non-hydrogen) atoms. The Morgan fingerprint density at radius 1 is 1.12 bits per heavy atom. The molecule has 1 aliphatic heterocycles. The van der Waals surface area contributed by atoms with E-state index < -0.39 is 40.1 Å². The monoisotopic (exact) mass is 462 g/mol. The molecule has 1 N–H and O–H groups in total. The quantitative estimate of drug-likeness (QED) is 0.639. The number of sulfonamides is 1. The molecule has 0 aliphatic carbocycles. The van der Waals surface area contributed by atoms with E-state index in [1.807, 2.05) is 24.3 Å². The number of ether oxygens (including phenoxy) is 1. The molecule has 0 fully saturated rings. The molecule has 172 valence electrons. The van der Waals surface area contributed by atoms with Gasteiger partial charge in [0.2, 0.25) is 10.0 Å². The van der Waals surface area contributed by atoms with Gasteiger partial charge in [0.15, 0.2) is 6.10 Å². The van der Waals surface area contributed by atoms with Crippen molar-refractivity contribution in [1.29, 1.82) is 0 Å². The van der Waals surface area contributed by atoms with E-state index in [-0.39, 0.29) is 24.5 Å². The topological polar surface area (TPSA) is 92.8 Å². The number of hydrogen-bond donors (Lipinski definition) is 1. The molecule has 1 aliphatic rings. The highest BCUT2D eigenvalue weighted by atomic mass is 32.2. The normalized spacial score (nSPS) is 18.3. The molecule has 0 saturated carbocycles. The molecule has 1 amide bonds. The number of esters is 1. The highest BCUT2D eigenvalue weighted by Crippen LogP contribution is 2.27. The third-order valence-electron chi connectivity index (χ3n) is 5.59. The second-order valence-corrected chi connectivity index (χ2v) is 10.0. The molecule has 1 heterocycles. The van der Waals surface area contributed by atoms with Gasteiger partial charge >= 0.3 is 5.97 Å². The number of hydrogen-bond acceptors (Lipinski definition) is 5. The Morgan fingerprint density at radius 3 is 2.38 bits per heavy atom. The summed E-state index contributed by atoms with van der Waals surface area (Å²) in [6, 6.07) is 11.6. The van der Waals surface area contributed by atoms with E-state index in [1.165, 1.54) is 26.0 Å². The molecule has 2 aromatic rings. The van der Waals surface area contributed by atoms with Crippen LogP contribution in [0.3, 0.4) is 0 Å². The maximum Gasteiger partial charge on any atom is 0.325 e. The van der Waals surface area contributed by atoms with Crippen LogP contribution in [0.2, 0.25) is 0 Å². The van der Waals surface area contributed by atoms with Crippen LogP contribution in [0.5, 0.6) is 0 Å². The lowest BCUT2D eigenvalue weighted by Gasteiger charge is -2.34. The molecule has 0 aromatic heterocycles. The standard InChI is InChI=1S/C23H27FN2O5S/c1-4-32(29,30)26-14-19-8-6-5-7-18(19)13-21(26)23(28)31-16(3)22(27)25-15(2)17-9-11-20(24)12-10-17/h5-12,15-16,21H,4,13-14H2,1-3H3,(H,25,27)/t15?,16?,21-/m0/s1. The molecule has 3 atom stereocenters. The second-order valence-electron chi connectivity index (χ2n) is 7.80. The van der Waals surface area contributed by atoms with Crippen molar-refractivity contribution < 1.29 is 27.1 Å². The van der Waals surface area contributed by atoms with Gasteiger partial charge in [-0.05, 0) is 49.6 Å². The Balaban J connectivity index is 1.70. The summed E-state index contributed by atoms with van der Waals surface area (Å²) in [6.45, 7) is 4.76. The smallest absolute Gasteiger partial charge is 0.325 e. The highest BCUT2D eigenvalue weighted by molar-refractivity contribution is 7.89. The Labute approximate surface area is 187 Å². The van der Waals surface area contributed by atoms with Crippen LogP contribution < -0.4 is 5.32 Å². The maximum atomic E-state index is 13.1. The summed E-state index contributed by atoms with van der Waals surface area (Å²) in [5.74, 6) is -1.83. The largest absolute Gasteiger partial charge is 0.451 e. The molecule has 0 bridgehead atoms. The Kier molecular flexibility index (Phi) is 7.30. The summed E-state index contributed by atoms with van der Waals surface area (Å²) in [5.41, 5.74) is 2.41. The van der Waals surface area contributed by atoms with Crippen LogP contribution in [0.15, 0.2) is 48.5 Å². The summed E-state index contributed by atoms with van der Waals surface area (Å²) in [7, 11) is -3.67. The van der Waals surface area contributed by atoms with Crippen LogP contribution >= 0.6 is 0 Å². The van der Waals surface area contributed by atoms with Crippen LogP contribution in [-0.2, 0) is 37.3 Å². The van der Waals surface area contributed by atoms with Gasteiger partial charge in [-0.15, -0.1) is 0 Å². The van der Waals surface area contributed by atoms with Crippen molar-refractivity contribution in [1.82, 2.24) is 9.62 Å². The van der Waals surface area contributed by atoms with Gasteiger partial charge in [-0.25, -0.2) is 12.8 Å². The Hall–Kier alpha value is -2.78.